The molecule has 1 aromatic carbocycles. The number of carbonyl (C=O) groups is 1. The van der Waals surface area contributed by atoms with E-state index >= 15 is 0 Å². The Labute approximate surface area is 124 Å². The summed E-state index contributed by atoms with van der Waals surface area (Å²) >= 11 is 0. The maximum absolute atomic E-state index is 11.8. The number of hydrogen-bond donors (Lipinski definition) is 2. The first-order chi connectivity index (χ1) is 10.0. The van der Waals surface area contributed by atoms with E-state index in [-0.39, 0.29) is 25.7 Å². The van der Waals surface area contributed by atoms with E-state index in [4.69, 9.17) is 14.2 Å². The number of benzene rings is 1. The minimum atomic E-state index is -0.961. The smallest absolute Gasteiger partial charge is 0.258 e. The quantitative estimate of drug-likeness (QED) is 0.806. The molecule has 6 nitrogen and oxygen atoms in total. The highest BCUT2D eigenvalue weighted by Crippen LogP contribution is 2.27. The molecule has 1 fully saturated rings. The second-order valence-corrected chi connectivity index (χ2v) is 5.25. The van der Waals surface area contributed by atoms with Gasteiger partial charge in [0.2, 0.25) is 0 Å². The molecule has 2 N–H and O–H groups in total. The molecule has 1 aromatic rings. The molecule has 1 saturated heterocycles. The molecule has 0 aliphatic carbocycles. The summed E-state index contributed by atoms with van der Waals surface area (Å²) in [5.74, 6) is 0.810. The molecule has 1 unspecified atom stereocenters. The zero-order chi connectivity index (χ0) is 15.3. The Morgan fingerprint density at radius 2 is 2.29 bits per heavy atom. The van der Waals surface area contributed by atoms with Gasteiger partial charge in [-0.1, -0.05) is 6.07 Å². The molecule has 0 spiro atoms. The number of rotatable bonds is 6. The lowest BCUT2D eigenvalue weighted by Crippen LogP contribution is -2.44. The number of methoxy groups -OCH3 is 1. The Balaban J connectivity index is 1.81. The van der Waals surface area contributed by atoms with Gasteiger partial charge < -0.3 is 24.6 Å². The Bertz CT molecular complexity index is 497. The van der Waals surface area contributed by atoms with Gasteiger partial charge in [-0.2, -0.15) is 0 Å². The minimum absolute atomic E-state index is 0.129. The van der Waals surface area contributed by atoms with Gasteiger partial charge in [0.05, 0.1) is 13.7 Å². The highest BCUT2D eigenvalue weighted by Gasteiger charge is 2.32. The van der Waals surface area contributed by atoms with Crippen LogP contribution in [-0.4, -0.2) is 50.1 Å². The number of amides is 1. The second kappa shape index (κ2) is 6.78. The summed E-state index contributed by atoms with van der Waals surface area (Å²) in [5, 5.41) is 12.7. The first-order valence-corrected chi connectivity index (χ1v) is 6.87. The van der Waals surface area contributed by atoms with Crippen LogP contribution in [-0.2, 0) is 9.53 Å². The van der Waals surface area contributed by atoms with Crippen LogP contribution in [0.3, 0.4) is 0 Å². The van der Waals surface area contributed by atoms with Crippen LogP contribution in [0.2, 0.25) is 0 Å². The molecule has 6 heteroatoms. The van der Waals surface area contributed by atoms with Crippen molar-refractivity contribution < 1.29 is 24.1 Å². The maximum Gasteiger partial charge on any atom is 0.258 e. The number of carbonyl (C=O) groups excluding carboxylic acids is 1. The van der Waals surface area contributed by atoms with Crippen LogP contribution in [0.25, 0.3) is 0 Å². The first-order valence-electron chi connectivity index (χ1n) is 6.87. The average Bonchev–Trinajstić information content (AvgIpc) is 2.91. The minimum Gasteiger partial charge on any atom is -0.493 e. The van der Waals surface area contributed by atoms with Gasteiger partial charge in [-0.15, -0.1) is 0 Å². The van der Waals surface area contributed by atoms with E-state index in [0.717, 1.165) is 5.56 Å². The number of hydrogen-bond acceptors (Lipinski definition) is 5. The molecule has 0 bridgehead atoms. The standard InChI is InChI=1S/C15H21NO5/c1-11-3-4-12(13(7-11)19-2)21-8-14(17)16-9-15(18)5-6-20-10-15/h3-4,7,18H,5-6,8-10H2,1-2H3,(H,16,17). The van der Waals surface area contributed by atoms with E-state index in [9.17, 15) is 9.90 Å². The molecule has 0 saturated carbocycles. The summed E-state index contributed by atoms with van der Waals surface area (Å²) in [5.41, 5.74) is 0.0871. The van der Waals surface area contributed by atoms with Crippen molar-refractivity contribution in [2.75, 3.05) is 33.5 Å². The number of aliphatic hydroxyl groups is 1. The largest absolute Gasteiger partial charge is 0.493 e. The monoisotopic (exact) mass is 295 g/mol. The topological polar surface area (TPSA) is 77.0 Å². The zero-order valence-electron chi connectivity index (χ0n) is 12.3. The molecule has 0 radical (unpaired) electrons. The van der Waals surface area contributed by atoms with Gasteiger partial charge in [0.25, 0.3) is 5.91 Å². The van der Waals surface area contributed by atoms with Crippen molar-refractivity contribution in [2.24, 2.45) is 0 Å². The third-order valence-electron chi connectivity index (χ3n) is 3.38. The van der Waals surface area contributed by atoms with E-state index in [1.54, 1.807) is 13.2 Å². The molecular weight excluding hydrogens is 274 g/mol. The lowest BCUT2D eigenvalue weighted by molar-refractivity contribution is -0.124. The predicted octanol–water partition coefficient (Wildman–Crippen LogP) is 0.650. The van der Waals surface area contributed by atoms with Crippen molar-refractivity contribution >= 4 is 5.91 Å². The number of nitrogens with one attached hydrogen (secondary N) is 1. The van der Waals surface area contributed by atoms with Crippen LogP contribution in [0, 0.1) is 6.92 Å². The van der Waals surface area contributed by atoms with Crippen LogP contribution >= 0.6 is 0 Å². The van der Waals surface area contributed by atoms with Gasteiger partial charge in [0, 0.05) is 19.6 Å². The Kier molecular flexibility index (Phi) is 5.03. The van der Waals surface area contributed by atoms with Crippen LogP contribution in [0.1, 0.15) is 12.0 Å². The van der Waals surface area contributed by atoms with Crippen molar-refractivity contribution in [3.05, 3.63) is 23.8 Å². The Morgan fingerprint density at radius 1 is 1.48 bits per heavy atom. The van der Waals surface area contributed by atoms with Gasteiger partial charge in [-0.25, -0.2) is 0 Å². The lowest BCUT2D eigenvalue weighted by atomic mass is 10.0. The molecule has 1 aliphatic rings. The van der Waals surface area contributed by atoms with Crippen molar-refractivity contribution in [1.82, 2.24) is 5.32 Å². The molecule has 21 heavy (non-hydrogen) atoms. The molecule has 1 atom stereocenters. The van der Waals surface area contributed by atoms with Crippen LogP contribution in [0.15, 0.2) is 18.2 Å². The summed E-state index contributed by atoms with van der Waals surface area (Å²) in [6.07, 6.45) is 0.528. The van der Waals surface area contributed by atoms with Gasteiger partial charge in [-0.05, 0) is 24.6 Å². The summed E-state index contributed by atoms with van der Waals surface area (Å²) in [6.45, 7) is 2.75. The normalized spacial score (nSPS) is 21.1. The van der Waals surface area contributed by atoms with Crippen LogP contribution < -0.4 is 14.8 Å². The summed E-state index contributed by atoms with van der Waals surface area (Å²) < 4.78 is 15.8. The first kappa shape index (κ1) is 15.6. The molecular formula is C15H21NO5. The lowest BCUT2D eigenvalue weighted by Gasteiger charge is -2.20. The van der Waals surface area contributed by atoms with Crippen molar-refractivity contribution in [2.45, 2.75) is 18.9 Å². The summed E-state index contributed by atoms with van der Waals surface area (Å²) in [4.78, 5) is 11.8. The molecule has 1 amide bonds. The van der Waals surface area contributed by atoms with Crippen LogP contribution in [0.4, 0.5) is 0 Å². The van der Waals surface area contributed by atoms with Gasteiger partial charge in [0.15, 0.2) is 18.1 Å². The Morgan fingerprint density at radius 3 is 2.95 bits per heavy atom. The van der Waals surface area contributed by atoms with Crippen molar-refractivity contribution in [3.8, 4) is 11.5 Å². The fourth-order valence-corrected chi connectivity index (χ4v) is 2.09. The van der Waals surface area contributed by atoms with E-state index in [2.05, 4.69) is 5.32 Å². The fourth-order valence-electron chi connectivity index (χ4n) is 2.09. The van der Waals surface area contributed by atoms with Gasteiger partial charge >= 0.3 is 0 Å². The SMILES string of the molecule is COc1cc(C)ccc1OCC(=O)NCC1(O)CCOC1. The molecule has 1 aliphatic heterocycles. The highest BCUT2D eigenvalue weighted by atomic mass is 16.5. The summed E-state index contributed by atoms with van der Waals surface area (Å²) in [6, 6.07) is 5.49. The van der Waals surface area contributed by atoms with Crippen LogP contribution in [0.5, 0.6) is 11.5 Å². The molecule has 1 heterocycles. The predicted molar refractivity (Wildman–Crippen MR) is 76.6 cm³/mol. The van der Waals surface area contributed by atoms with Gasteiger partial charge in [-0.3, -0.25) is 4.79 Å². The zero-order valence-corrected chi connectivity index (χ0v) is 12.3. The Hall–Kier alpha value is -1.79. The fraction of sp³-hybridized carbons (Fsp3) is 0.533. The van der Waals surface area contributed by atoms with Crippen molar-refractivity contribution in [3.63, 3.8) is 0 Å². The molecule has 116 valence electrons. The maximum atomic E-state index is 11.8. The van der Waals surface area contributed by atoms with E-state index < -0.39 is 5.60 Å². The van der Waals surface area contributed by atoms with Gasteiger partial charge in [0.1, 0.15) is 5.60 Å². The summed E-state index contributed by atoms with van der Waals surface area (Å²) in [7, 11) is 1.55. The van der Waals surface area contributed by atoms with E-state index in [1.165, 1.54) is 0 Å². The number of ether oxygens (including phenoxy) is 3. The molecule has 2 rings (SSSR count). The highest BCUT2D eigenvalue weighted by molar-refractivity contribution is 5.77. The third-order valence-corrected chi connectivity index (χ3v) is 3.38. The van der Waals surface area contributed by atoms with Crippen molar-refractivity contribution in [1.29, 1.82) is 0 Å². The molecule has 0 aromatic heterocycles. The second-order valence-electron chi connectivity index (χ2n) is 5.25. The number of aryl methyl sites for hydroxylation is 1. The van der Waals surface area contributed by atoms with E-state index in [1.807, 2.05) is 19.1 Å². The van der Waals surface area contributed by atoms with E-state index in [0.29, 0.717) is 24.5 Å². The third kappa shape index (κ3) is 4.34. The average molecular weight is 295 g/mol.